The summed E-state index contributed by atoms with van der Waals surface area (Å²) in [5, 5.41) is 4.63. The molecule has 0 saturated heterocycles. The molecule has 0 bridgehead atoms. The number of hydrogen-bond donors (Lipinski definition) is 1. The highest BCUT2D eigenvalue weighted by molar-refractivity contribution is 6.33. The Labute approximate surface area is 185 Å². The molecule has 2 aromatic rings. The number of carbonyl (C=O) groups is 1. The largest absolute Gasteiger partial charge is 0.364 e. The van der Waals surface area contributed by atoms with Gasteiger partial charge in [0.1, 0.15) is 0 Å². The summed E-state index contributed by atoms with van der Waals surface area (Å²) in [7, 11) is 0. The molecule has 1 unspecified atom stereocenters. The average molecular weight is 426 g/mol. The average Bonchev–Trinajstić information content (AvgIpc) is 2.61. The number of rotatable bonds is 4. The topological polar surface area (TPSA) is 44.7 Å². The highest BCUT2D eigenvalue weighted by Gasteiger charge is 2.37. The molecule has 1 heterocycles. The molecule has 0 aromatic heterocycles. The van der Waals surface area contributed by atoms with Gasteiger partial charge in [0.25, 0.3) is 5.91 Å². The van der Waals surface area contributed by atoms with Crippen LogP contribution >= 0.6 is 11.6 Å². The Hall–Kier alpha value is -2.33. The van der Waals surface area contributed by atoms with Crippen molar-refractivity contribution in [2.45, 2.75) is 72.4 Å². The lowest BCUT2D eigenvalue weighted by Gasteiger charge is -2.50. The van der Waals surface area contributed by atoms with Gasteiger partial charge < -0.3 is 4.90 Å². The molecule has 160 valence electrons. The first-order valence-corrected chi connectivity index (χ1v) is 10.9. The lowest BCUT2D eigenvalue weighted by Crippen LogP contribution is -2.51. The number of nitrogens with zero attached hydrogens (tertiary/aromatic N) is 2. The first-order valence-electron chi connectivity index (χ1n) is 10.5. The predicted molar refractivity (Wildman–Crippen MR) is 127 cm³/mol. The van der Waals surface area contributed by atoms with Gasteiger partial charge in [-0.3, -0.25) is 4.79 Å². The molecule has 3 rings (SSSR count). The lowest BCUT2D eigenvalue weighted by atomic mass is 9.78. The molecule has 0 radical (unpaired) electrons. The molecule has 2 aromatic carbocycles. The number of fused-ring (bicyclic) bond motifs is 1. The molecule has 1 amide bonds. The van der Waals surface area contributed by atoms with E-state index in [0.717, 1.165) is 23.1 Å². The second kappa shape index (κ2) is 8.43. The van der Waals surface area contributed by atoms with E-state index in [2.05, 4.69) is 69.1 Å². The molecule has 0 aliphatic carbocycles. The molecule has 0 fully saturated rings. The first kappa shape index (κ1) is 22.4. The number of benzene rings is 2. The summed E-state index contributed by atoms with van der Waals surface area (Å²) in [6.07, 6.45) is 2.82. The van der Waals surface area contributed by atoms with Crippen molar-refractivity contribution < 1.29 is 4.79 Å². The van der Waals surface area contributed by atoms with E-state index < -0.39 is 0 Å². The van der Waals surface area contributed by atoms with E-state index in [1.54, 1.807) is 18.3 Å². The number of anilines is 1. The third kappa shape index (κ3) is 4.39. The van der Waals surface area contributed by atoms with Crippen molar-refractivity contribution in [2.75, 3.05) is 4.90 Å². The normalized spacial score (nSPS) is 18.0. The van der Waals surface area contributed by atoms with Crippen molar-refractivity contribution in [3.8, 4) is 0 Å². The van der Waals surface area contributed by atoms with Crippen LogP contribution in [0, 0.1) is 13.8 Å². The van der Waals surface area contributed by atoms with E-state index in [-0.39, 0.29) is 11.4 Å². The molecule has 0 spiro atoms. The molecule has 5 heteroatoms. The number of amides is 1. The number of halogens is 1. The number of aryl methyl sites for hydroxylation is 2. The van der Waals surface area contributed by atoms with Gasteiger partial charge in [-0.1, -0.05) is 24.6 Å². The summed E-state index contributed by atoms with van der Waals surface area (Å²) in [4.78, 5) is 14.9. The zero-order chi connectivity index (χ0) is 22.2. The Kier molecular flexibility index (Phi) is 6.28. The fourth-order valence-corrected chi connectivity index (χ4v) is 5.08. The molecule has 1 atom stereocenters. The minimum Gasteiger partial charge on any atom is -0.364 e. The fourth-order valence-electron chi connectivity index (χ4n) is 4.76. The van der Waals surface area contributed by atoms with Crippen molar-refractivity contribution in [2.24, 2.45) is 5.10 Å². The molecule has 0 saturated carbocycles. The van der Waals surface area contributed by atoms with Gasteiger partial charge >= 0.3 is 0 Å². The predicted octanol–water partition coefficient (Wildman–Crippen LogP) is 6.22. The Morgan fingerprint density at radius 1 is 1.27 bits per heavy atom. The smallest absolute Gasteiger partial charge is 0.272 e. The van der Waals surface area contributed by atoms with E-state index in [4.69, 9.17) is 11.6 Å². The molecule has 1 aliphatic rings. The zero-order valence-electron chi connectivity index (χ0n) is 19.0. The van der Waals surface area contributed by atoms with Gasteiger partial charge in [0.05, 0.1) is 16.8 Å². The maximum atomic E-state index is 12.4. The van der Waals surface area contributed by atoms with Crippen LogP contribution in [-0.4, -0.2) is 23.7 Å². The molecule has 1 aliphatic heterocycles. The fraction of sp³-hybridized carbons (Fsp3) is 0.440. The van der Waals surface area contributed by atoms with Gasteiger partial charge in [-0.25, -0.2) is 5.43 Å². The van der Waals surface area contributed by atoms with E-state index in [1.165, 1.54) is 11.3 Å². The lowest BCUT2D eigenvalue weighted by molar-refractivity contribution is 0.0955. The highest BCUT2D eigenvalue weighted by atomic mass is 35.5. The molecular weight excluding hydrogens is 394 g/mol. The van der Waals surface area contributed by atoms with Crippen molar-refractivity contribution >= 4 is 29.4 Å². The maximum Gasteiger partial charge on any atom is 0.272 e. The van der Waals surface area contributed by atoms with E-state index in [1.807, 2.05) is 13.0 Å². The van der Waals surface area contributed by atoms with E-state index in [9.17, 15) is 4.79 Å². The molecule has 1 N–H and O–H groups in total. The van der Waals surface area contributed by atoms with Gasteiger partial charge in [0.2, 0.25) is 0 Å². The van der Waals surface area contributed by atoms with Crippen LogP contribution in [-0.2, 0) is 0 Å². The maximum absolute atomic E-state index is 12.4. The van der Waals surface area contributed by atoms with Crippen LogP contribution in [0.4, 0.5) is 5.69 Å². The van der Waals surface area contributed by atoms with Gasteiger partial charge in [-0.2, -0.15) is 5.10 Å². The van der Waals surface area contributed by atoms with Crippen LogP contribution in [0.3, 0.4) is 0 Å². The third-order valence-electron chi connectivity index (χ3n) is 5.92. The number of hydrazone groups is 1. The SMILES string of the molecule is Cc1ccc(C(=O)N/N=C/c2cc3c(cc2C)N(C(C)C)C(C)(C)CC3C)c(Cl)c1. The van der Waals surface area contributed by atoms with Gasteiger partial charge in [-0.15, -0.1) is 0 Å². The van der Waals surface area contributed by atoms with Crippen LogP contribution in [0.1, 0.15) is 79.6 Å². The summed E-state index contributed by atoms with van der Waals surface area (Å²) in [5.41, 5.74) is 8.94. The van der Waals surface area contributed by atoms with Crippen molar-refractivity contribution in [3.63, 3.8) is 0 Å². The van der Waals surface area contributed by atoms with Gasteiger partial charge in [0, 0.05) is 17.3 Å². The standard InChI is InChI=1S/C25H32ClN3O/c1-15(2)29-23-11-17(4)19(12-21(23)18(5)13-25(29,6)7)14-27-28-24(30)20-9-8-16(3)10-22(20)26/h8-12,14-15,18H,13H2,1-7H3,(H,28,30)/b27-14+. The van der Waals surface area contributed by atoms with Crippen molar-refractivity contribution in [1.82, 2.24) is 5.43 Å². The third-order valence-corrected chi connectivity index (χ3v) is 6.23. The van der Waals surface area contributed by atoms with Crippen LogP contribution < -0.4 is 10.3 Å². The highest BCUT2D eigenvalue weighted by Crippen LogP contribution is 2.45. The Balaban J connectivity index is 1.86. The van der Waals surface area contributed by atoms with Crippen LogP contribution in [0.25, 0.3) is 0 Å². The van der Waals surface area contributed by atoms with Crippen LogP contribution in [0.5, 0.6) is 0 Å². The number of hydrogen-bond acceptors (Lipinski definition) is 3. The van der Waals surface area contributed by atoms with Gasteiger partial charge in [-0.05, 0) is 100 Å². The summed E-state index contributed by atoms with van der Waals surface area (Å²) in [6.45, 7) is 15.5. The summed E-state index contributed by atoms with van der Waals surface area (Å²) in [5.74, 6) is 0.145. The quantitative estimate of drug-likeness (QED) is 0.466. The Morgan fingerprint density at radius 3 is 2.60 bits per heavy atom. The van der Waals surface area contributed by atoms with Crippen LogP contribution in [0.15, 0.2) is 35.4 Å². The molecular formula is C25H32ClN3O. The van der Waals surface area contributed by atoms with Crippen LogP contribution in [0.2, 0.25) is 5.02 Å². The second-order valence-corrected chi connectivity index (χ2v) is 9.74. The number of nitrogens with one attached hydrogen (secondary N) is 1. The molecule has 30 heavy (non-hydrogen) atoms. The molecule has 4 nitrogen and oxygen atoms in total. The first-order chi connectivity index (χ1) is 14.0. The second-order valence-electron chi connectivity index (χ2n) is 9.33. The Bertz CT molecular complexity index is 994. The van der Waals surface area contributed by atoms with Gasteiger partial charge in [0.15, 0.2) is 0 Å². The van der Waals surface area contributed by atoms with E-state index >= 15 is 0 Å². The monoisotopic (exact) mass is 425 g/mol. The zero-order valence-corrected chi connectivity index (χ0v) is 19.8. The summed E-state index contributed by atoms with van der Waals surface area (Å²) >= 11 is 6.19. The minimum absolute atomic E-state index is 0.115. The Morgan fingerprint density at radius 2 is 1.97 bits per heavy atom. The summed E-state index contributed by atoms with van der Waals surface area (Å²) < 4.78 is 0. The van der Waals surface area contributed by atoms with E-state index in [0.29, 0.717) is 22.5 Å². The van der Waals surface area contributed by atoms with Crippen molar-refractivity contribution in [3.05, 3.63) is 63.2 Å². The summed E-state index contributed by atoms with van der Waals surface area (Å²) in [6, 6.07) is 10.2. The number of carbonyl (C=O) groups excluding carboxylic acids is 1. The minimum atomic E-state index is -0.312. The van der Waals surface area contributed by atoms with Crippen molar-refractivity contribution in [1.29, 1.82) is 0 Å².